The molecule has 0 radical (unpaired) electrons. The molecule has 0 saturated heterocycles. The number of thioether (sulfide) groups is 1. The van der Waals surface area contributed by atoms with Gasteiger partial charge in [-0.25, -0.2) is 0 Å². The predicted molar refractivity (Wildman–Crippen MR) is 80.7 cm³/mol. The summed E-state index contributed by atoms with van der Waals surface area (Å²) >= 11 is 1.03. The Morgan fingerprint density at radius 1 is 1.26 bits per heavy atom. The molecule has 3 rings (SSSR count). The van der Waals surface area contributed by atoms with Crippen molar-refractivity contribution in [1.82, 2.24) is 14.8 Å². The number of carboxylic acid groups (broad SMARTS) is 1. The molecule has 1 aromatic carbocycles. The number of hydrogen-bond donors (Lipinski definition) is 1. The first kappa shape index (κ1) is 15.2. The van der Waals surface area contributed by atoms with Crippen molar-refractivity contribution in [3.8, 4) is 17.1 Å². The van der Waals surface area contributed by atoms with E-state index >= 15 is 0 Å². The van der Waals surface area contributed by atoms with Crippen LogP contribution in [0.3, 0.4) is 0 Å². The van der Waals surface area contributed by atoms with Gasteiger partial charge < -0.3 is 19.4 Å². The number of aromatic hydroxyl groups is 1. The van der Waals surface area contributed by atoms with Gasteiger partial charge in [-0.15, -0.1) is 10.2 Å². The molecule has 118 valence electrons. The van der Waals surface area contributed by atoms with Gasteiger partial charge in [-0.05, 0) is 36.4 Å². The molecule has 0 atom stereocenters. The first-order chi connectivity index (χ1) is 11.1. The largest absolute Gasteiger partial charge is 0.549 e. The van der Waals surface area contributed by atoms with Gasteiger partial charge >= 0.3 is 0 Å². The molecule has 2 aromatic heterocycles. The molecular weight excluding hydrogens is 318 g/mol. The van der Waals surface area contributed by atoms with Gasteiger partial charge in [-0.1, -0.05) is 11.8 Å². The van der Waals surface area contributed by atoms with E-state index in [4.69, 9.17) is 4.42 Å². The van der Waals surface area contributed by atoms with Gasteiger partial charge in [0, 0.05) is 11.3 Å². The average Bonchev–Trinajstić information content (AvgIpc) is 3.17. The maximum absolute atomic E-state index is 10.7. The number of phenolic OH excluding ortho intramolecular Hbond substituents is 1. The topological polar surface area (TPSA) is 104 Å². The highest BCUT2D eigenvalue weighted by molar-refractivity contribution is 7.99. The van der Waals surface area contributed by atoms with Gasteiger partial charge in [-0.2, -0.15) is 0 Å². The summed E-state index contributed by atoms with van der Waals surface area (Å²) in [6, 6.07) is 10.1. The molecule has 0 aliphatic rings. The van der Waals surface area contributed by atoms with Gasteiger partial charge in [0.25, 0.3) is 0 Å². The zero-order valence-corrected chi connectivity index (χ0v) is 12.7. The number of hydrogen-bond acceptors (Lipinski definition) is 7. The second-order valence-electron chi connectivity index (χ2n) is 4.68. The van der Waals surface area contributed by atoms with Crippen LogP contribution >= 0.6 is 11.8 Å². The van der Waals surface area contributed by atoms with Crippen molar-refractivity contribution in [1.29, 1.82) is 0 Å². The van der Waals surface area contributed by atoms with Crippen molar-refractivity contribution >= 4 is 17.7 Å². The minimum atomic E-state index is -1.17. The molecule has 0 saturated carbocycles. The van der Waals surface area contributed by atoms with E-state index in [9.17, 15) is 15.0 Å². The van der Waals surface area contributed by atoms with Crippen molar-refractivity contribution in [2.24, 2.45) is 0 Å². The first-order valence-corrected chi connectivity index (χ1v) is 7.69. The molecular formula is C15H12N3O4S-. The van der Waals surface area contributed by atoms with E-state index in [-0.39, 0.29) is 11.5 Å². The Balaban J connectivity index is 1.97. The van der Waals surface area contributed by atoms with Crippen molar-refractivity contribution < 1.29 is 19.4 Å². The van der Waals surface area contributed by atoms with E-state index < -0.39 is 5.97 Å². The summed E-state index contributed by atoms with van der Waals surface area (Å²) in [6.07, 6.45) is 1.56. The smallest absolute Gasteiger partial charge is 0.192 e. The van der Waals surface area contributed by atoms with Crippen LogP contribution in [0.25, 0.3) is 11.4 Å². The van der Waals surface area contributed by atoms with Crippen LogP contribution in [-0.2, 0) is 11.3 Å². The Morgan fingerprint density at radius 3 is 2.70 bits per heavy atom. The lowest BCUT2D eigenvalue weighted by Gasteiger charge is -2.09. The number of carboxylic acids is 1. The number of nitrogens with zero attached hydrogens (tertiary/aromatic N) is 3. The normalized spacial score (nSPS) is 10.8. The summed E-state index contributed by atoms with van der Waals surface area (Å²) in [6.45, 7) is 0.367. The highest BCUT2D eigenvalue weighted by Crippen LogP contribution is 2.26. The summed E-state index contributed by atoms with van der Waals surface area (Å²) < 4.78 is 7.11. The third kappa shape index (κ3) is 3.54. The second kappa shape index (κ2) is 6.57. The van der Waals surface area contributed by atoms with Crippen LogP contribution in [0.5, 0.6) is 5.75 Å². The number of carbonyl (C=O) groups excluding carboxylic acids is 1. The van der Waals surface area contributed by atoms with E-state index in [0.717, 1.165) is 17.3 Å². The van der Waals surface area contributed by atoms with Crippen LogP contribution in [-0.4, -0.2) is 31.6 Å². The maximum atomic E-state index is 10.7. The molecule has 0 aliphatic carbocycles. The Bertz CT molecular complexity index is 797. The number of phenols is 1. The minimum Gasteiger partial charge on any atom is -0.549 e. The monoisotopic (exact) mass is 330 g/mol. The average molecular weight is 330 g/mol. The molecule has 0 bridgehead atoms. The van der Waals surface area contributed by atoms with Gasteiger partial charge in [-0.3, -0.25) is 4.57 Å². The lowest BCUT2D eigenvalue weighted by atomic mass is 10.2. The quantitative estimate of drug-likeness (QED) is 0.676. The van der Waals surface area contributed by atoms with Crippen LogP contribution in [0.4, 0.5) is 0 Å². The lowest BCUT2D eigenvalue weighted by molar-refractivity contribution is -0.301. The van der Waals surface area contributed by atoms with Crippen molar-refractivity contribution in [2.45, 2.75) is 11.7 Å². The molecule has 0 fully saturated rings. The first-order valence-electron chi connectivity index (χ1n) is 6.71. The van der Waals surface area contributed by atoms with Crippen molar-refractivity contribution in [3.05, 3.63) is 48.4 Å². The number of aliphatic carboxylic acids is 1. The molecule has 1 N–H and O–H groups in total. The predicted octanol–water partition coefficient (Wildman–Crippen LogP) is 1.13. The van der Waals surface area contributed by atoms with E-state index in [1.54, 1.807) is 41.2 Å². The van der Waals surface area contributed by atoms with Crippen molar-refractivity contribution in [3.63, 3.8) is 0 Å². The fraction of sp³-hybridized carbons (Fsp3) is 0.133. The Morgan fingerprint density at radius 2 is 2.04 bits per heavy atom. The molecule has 3 aromatic rings. The van der Waals surface area contributed by atoms with Gasteiger partial charge in [0.15, 0.2) is 11.0 Å². The summed E-state index contributed by atoms with van der Waals surface area (Å²) in [5.74, 6) is 0.0137. The van der Waals surface area contributed by atoms with Crippen LogP contribution in [0.15, 0.2) is 52.2 Å². The molecule has 0 amide bonds. The number of benzene rings is 1. The molecule has 0 aliphatic heterocycles. The summed E-state index contributed by atoms with van der Waals surface area (Å²) in [4.78, 5) is 10.7. The molecule has 2 heterocycles. The zero-order chi connectivity index (χ0) is 16.2. The molecule has 8 heteroatoms. The van der Waals surface area contributed by atoms with Crippen LogP contribution in [0.1, 0.15) is 5.76 Å². The van der Waals surface area contributed by atoms with E-state index in [0.29, 0.717) is 23.3 Å². The van der Waals surface area contributed by atoms with E-state index in [2.05, 4.69) is 10.2 Å². The van der Waals surface area contributed by atoms with Gasteiger partial charge in [0.2, 0.25) is 0 Å². The number of furan rings is 1. The zero-order valence-electron chi connectivity index (χ0n) is 11.9. The highest BCUT2D eigenvalue weighted by atomic mass is 32.2. The second-order valence-corrected chi connectivity index (χ2v) is 5.62. The summed E-state index contributed by atoms with van der Waals surface area (Å²) in [5, 5.41) is 28.7. The Hall–Kier alpha value is -2.74. The van der Waals surface area contributed by atoms with Crippen LogP contribution in [0, 0.1) is 0 Å². The third-order valence-corrected chi connectivity index (χ3v) is 4.00. The molecule has 7 nitrogen and oxygen atoms in total. The fourth-order valence-corrected chi connectivity index (χ4v) is 2.70. The third-order valence-electron chi connectivity index (χ3n) is 3.06. The van der Waals surface area contributed by atoms with Gasteiger partial charge in [0.05, 0.1) is 18.8 Å². The molecule has 0 unspecified atom stereocenters. The SMILES string of the molecule is O=C([O-])CSc1nnc(-c2ccc(O)cc2)n1Cc1ccco1. The minimum absolute atomic E-state index is 0.150. The number of rotatable bonds is 6. The van der Waals surface area contributed by atoms with Gasteiger partial charge in [0.1, 0.15) is 11.5 Å². The Labute approximate surface area is 135 Å². The van der Waals surface area contributed by atoms with Crippen LogP contribution in [0.2, 0.25) is 0 Å². The fourth-order valence-electron chi connectivity index (χ4n) is 2.04. The molecule has 0 spiro atoms. The van der Waals surface area contributed by atoms with E-state index in [1.165, 1.54) is 0 Å². The lowest BCUT2D eigenvalue weighted by Crippen LogP contribution is -2.24. The van der Waals surface area contributed by atoms with E-state index in [1.807, 2.05) is 6.07 Å². The molecule has 23 heavy (non-hydrogen) atoms. The summed E-state index contributed by atoms with van der Waals surface area (Å²) in [7, 11) is 0. The number of aromatic nitrogens is 3. The number of carbonyl (C=O) groups is 1. The van der Waals surface area contributed by atoms with Crippen molar-refractivity contribution in [2.75, 3.05) is 5.75 Å². The maximum Gasteiger partial charge on any atom is 0.192 e. The Kier molecular flexibility index (Phi) is 4.33. The summed E-state index contributed by atoms with van der Waals surface area (Å²) in [5.41, 5.74) is 0.752. The standard InChI is InChI=1S/C15H13N3O4S/c19-11-5-3-10(4-6-11)14-16-17-15(23-9-13(20)21)18(14)8-12-2-1-7-22-12/h1-7,19H,8-9H2,(H,20,21)/p-1. The van der Waals surface area contributed by atoms with Crippen LogP contribution < -0.4 is 5.11 Å². The highest BCUT2D eigenvalue weighted by Gasteiger charge is 2.15.